The van der Waals surface area contributed by atoms with Gasteiger partial charge < -0.3 is 34.2 Å². The molecule has 0 spiro atoms. The monoisotopic (exact) mass is 432 g/mol. The van der Waals surface area contributed by atoms with Crippen molar-refractivity contribution in [2.24, 2.45) is 0 Å². The summed E-state index contributed by atoms with van der Waals surface area (Å²) in [6.07, 6.45) is 5.90. The van der Waals surface area contributed by atoms with Gasteiger partial charge in [-0.3, -0.25) is 0 Å². The van der Waals surface area contributed by atoms with E-state index in [1.807, 2.05) is 0 Å². The Kier molecular flexibility index (Phi) is 10.2. The van der Waals surface area contributed by atoms with Gasteiger partial charge in [-0.2, -0.15) is 0 Å². The second-order valence-corrected chi connectivity index (χ2v) is 18.3. The van der Waals surface area contributed by atoms with Crippen LogP contribution in [0.1, 0.15) is 32.1 Å². The molecule has 0 unspecified atom stereocenters. The van der Waals surface area contributed by atoms with Crippen molar-refractivity contribution in [1.82, 2.24) is 0 Å². The predicted molar refractivity (Wildman–Crippen MR) is 99.6 cm³/mol. The molecule has 1 aliphatic heterocycles. The van der Waals surface area contributed by atoms with Gasteiger partial charge in [0, 0.05) is 19.8 Å². The average Bonchev–Trinajstić information content (AvgIpc) is 2.59. The fourth-order valence-corrected chi connectivity index (χ4v) is 18.8. The molecule has 1 saturated carbocycles. The lowest BCUT2D eigenvalue weighted by Crippen LogP contribution is -2.61. The van der Waals surface area contributed by atoms with Crippen molar-refractivity contribution in [2.45, 2.75) is 43.6 Å². The van der Waals surface area contributed by atoms with E-state index < -0.39 is 64.5 Å². The lowest BCUT2D eigenvalue weighted by atomic mass is 10.0. The van der Waals surface area contributed by atoms with Crippen LogP contribution in [0.15, 0.2) is 0 Å². The fraction of sp³-hybridized carbons (Fsp3) is 1.00. The maximum Gasteiger partial charge on any atom is 0.381 e. The first-order chi connectivity index (χ1) is 11.3. The van der Waals surface area contributed by atoms with E-state index in [0.29, 0.717) is 5.54 Å². The van der Waals surface area contributed by atoms with Crippen LogP contribution in [-0.2, 0) is 34.2 Å². The van der Waals surface area contributed by atoms with Crippen LogP contribution in [0.4, 0.5) is 0 Å². The normalized spacial score (nSPS) is 35.1. The first kappa shape index (κ1) is 20.3. The molecule has 0 aromatic heterocycles. The van der Waals surface area contributed by atoms with Crippen molar-refractivity contribution in [3.8, 4) is 0 Å². The Hall–Kier alpha value is 0.981. The molecule has 0 N–H and O–H groups in total. The maximum absolute atomic E-state index is 6.37. The topological polar surface area (TPSA) is 73.8 Å². The highest BCUT2D eigenvalue weighted by Crippen LogP contribution is 2.40. The van der Waals surface area contributed by atoms with Gasteiger partial charge in [-0.15, -0.1) is 0 Å². The van der Waals surface area contributed by atoms with Crippen molar-refractivity contribution in [3.63, 3.8) is 0 Å². The summed E-state index contributed by atoms with van der Waals surface area (Å²) in [5.41, 5.74) is 0.371. The summed E-state index contributed by atoms with van der Waals surface area (Å²) in [6.45, 7) is 0. The summed E-state index contributed by atoms with van der Waals surface area (Å²) in [7, 11) is -4.63. The van der Waals surface area contributed by atoms with Crippen LogP contribution in [0, 0.1) is 0 Å². The molecule has 2 fully saturated rings. The summed E-state index contributed by atoms with van der Waals surface area (Å²) in [5, 5.41) is 0. The minimum atomic E-state index is -2.71. The molecule has 2 rings (SSSR count). The summed E-state index contributed by atoms with van der Waals surface area (Å²) in [6, 6.07) is 0. The Balaban J connectivity index is 2.14. The summed E-state index contributed by atoms with van der Waals surface area (Å²) in [5.74, 6) is -0.444. The first-order valence-corrected chi connectivity index (χ1v) is 15.7. The smallest absolute Gasteiger partial charge is 0.381 e. The van der Waals surface area contributed by atoms with Gasteiger partial charge in [-0.25, -0.2) is 0 Å². The van der Waals surface area contributed by atoms with Gasteiger partial charge in [0.1, 0.15) is 0 Å². The third-order valence-corrected chi connectivity index (χ3v) is 16.9. The number of rotatable bonds is 4. The molecule has 0 aromatic carbocycles. The molecular formula is C9H28O8Si6. The van der Waals surface area contributed by atoms with Crippen LogP contribution in [0.5, 0.6) is 0 Å². The predicted octanol–water partition coefficient (Wildman–Crippen LogP) is -2.97. The Morgan fingerprint density at radius 1 is 0.783 bits per heavy atom. The van der Waals surface area contributed by atoms with Crippen LogP contribution in [0.25, 0.3) is 0 Å². The second-order valence-electron chi connectivity index (χ2n) is 5.55. The zero-order valence-electron chi connectivity index (χ0n) is 14.0. The van der Waals surface area contributed by atoms with Crippen molar-refractivity contribution in [1.29, 1.82) is 0 Å². The summed E-state index contributed by atoms with van der Waals surface area (Å²) in [4.78, 5) is 0. The molecule has 0 aromatic rings. The average molecular weight is 433 g/mol. The largest absolute Gasteiger partial charge is 0.425 e. The van der Waals surface area contributed by atoms with Crippen LogP contribution < -0.4 is 0 Å². The van der Waals surface area contributed by atoms with Crippen molar-refractivity contribution in [3.05, 3.63) is 0 Å². The number of methoxy groups -OCH3 is 2. The van der Waals surface area contributed by atoms with Crippen LogP contribution >= 0.6 is 0 Å². The van der Waals surface area contributed by atoms with Gasteiger partial charge in [0.15, 0.2) is 5.91 Å². The molecule has 2 aliphatic rings. The van der Waals surface area contributed by atoms with Crippen LogP contribution in [0.3, 0.4) is 0 Å². The standard InChI is InChI=1S/C9H28O8Si6/c1-10-9(11-2)23(8-6-4-3-5-7-8)16-21-14-19-12-18-13-20-15-22-17-23/h8-9H,3-7,18-22H2,1-2H3. The Morgan fingerprint density at radius 3 is 1.74 bits per heavy atom. The van der Waals surface area contributed by atoms with Gasteiger partial charge in [0.05, 0.1) is 0 Å². The van der Waals surface area contributed by atoms with E-state index in [1.165, 1.54) is 19.3 Å². The number of hydrogen-bond donors (Lipinski definition) is 0. The molecule has 0 bridgehead atoms. The Labute approximate surface area is 150 Å². The first-order valence-electron chi connectivity index (χ1n) is 7.98. The SMILES string of the molecule is COC(OC)[Si]1(C2CCCCC2)O[SiH2]O[SiH2]O[SiH2]O[SiH2]O[SiH2]O1. The molecular weight excluding hydrogens is 405 g/mol. The molecule has 136 valence electrons. The van der Waals surface area contributed by atoms with Gasteiger partial charge in [-0.05, 0) is 12.8 Å². The molecule has 1 saturated heterocycles. The molecule has 1 heterocycles. The molecule has 14 heteroatoms. The lowest BCUT2D eigenvalue weighted by molar-refractivity contribution is -0.0723. The van der Waals surface area contributed by atoms with Gasteiger partial charge in [-0.1, -0.05) is 19.3 Å². The quantitative estimate of drug-likeness (QED) is 0.344. The molecule has 23 heavy (non-hydrogen) atoms. The second kappa shape index (κ2) is 11.6. The lowest BCUT2D eigenvalue weighted by Gasteiger charge is -2.42. The highest BCUT2D eigenvalue weighted by atomic mass is 28.5. The zero-order valence-corrected chi connectivity index (χ0v) is 22.1. The minimum Gasteiger partial charge on any atom is -0.425 e. The minimum absolute atomic E-state index is 0.371. The van der Waals surface area contributed by atoms with Crippen LogP contribution in [0.2, 0.25) is 5.54 Å². The van der Waals surface area contributed by atoms with E-state index in [4.69, 9.17) is 34.2 Å². The molecule has 1 aliphatic carbocycles. The Bertz CT molecular complexity index is 306. The van der Waals surface area contributed by atoms with Crippen LogP contribution in [-0.4, -0.2) is 78.7 Å². The van der Waals surface area contributed by atoms with Crippen molar-refractivity contribution >= 4 is 58.6 Å². The van der Waals surface area contributed by atoms with E-state index in [0.717, 1.165) is 12.8 Å². The molecule has 0 radical (unpaired) electrons. The highest BCUT2D eigenvalue weighted by Gasteiger charge is 2.54. The zero-order chi connectivity index (χ0) is 16.4. The highest BCUT2D eigenvalue weighted by molar-refractivity contribution is 6.77. The van der Waals surface area contributed by atoms with Crippen molar-refractivity contribution in [2.75, 3.05) is 14.2 Å². The summed E-state index contributed by atoms with van der Waals surface area (Å²) >= 11 is 0. The molecule has 8 nitrogen and oxygen atoms in total. The van der Waals surface area contributed by atoms with Crippen molar-refractivity contribution < 1.29 is 34.2 Å². The Morgan fingerprint density at radius 2 is 1.26 bits per heavy atom. The third kappa shape index (κ3) is 6.02. The van der Waals surface area contributed by atoms with E-state index in [2.05, 4.69) is 0 Å². The molecule has 0 amide bonds. The van der Waals surface area contributed by atoms with Gasteiger partial charge >= 0.3 is 8.56 Å². The van der Waals surface area contributed by atoms with E-state index in [9.17, 15) is 0 Å². The third-order valence-electron chi connectivity index (χ3n) is 4.17. The van der Waals surface area contributed by atoms with Gasteiger partial charge in [0.25, 0.3) is 50.0 Å². The number of hydrogen-bond acceptors (Lipinski definition) is 8. The maximum atomic E-state index is 6.37. The number of ether oxygens (including phenoxy) is 2. The van der Waals surface area contributed by atoms with E-state index >= 15 is 0 Å². The molecule has 0 atom stereocenters. The summed E-state index contributed by atoms with van der Waals surface area (Å²) < 4.78 is 46.4. The fourth-order valence-electron chi connectivity index (χ4n) is 3.12. The van der Waals surface area contributed by atoms with Gasteiger partial charge in [0.2, 0.25) is 0 Å². The van der Waals surface area contributed by atoms with E-state index in [-0.39, 0.29) is 0 Å². The van der Waals surface area contributed by atoms with E-state index in [1.54, 1.807) is 14.2 Å².